The summed E-state index contributed by atoms with van der Waals surface area (Å²) < 4.78 is 63.6. The average molecular weight is 465 g/mol. The van der Waals surface area contributed by atoms with Crippen molar-refractivity contribution in [2.75, 3.05) is 5.32 Å². The lowest BCUT2D eigenvalue weighted by molar-refractivity contribution is -0.0384. The molecule has 1 N–H and O–H groups in total. The van der Waals surface area contributed by atoms with Crippen molar-refractivity contribution >= 4 is 43.9 Å². The van der Waals surface area contributed by atoms with Crippen molar-refractivity contribution in [3.05, 3.63) is 72.3 Å². The molecule has 0 fully saturated rings. The summed E-state index contributed by atoms with van der Waals surface area (Å²) in [4.78, 5) is 20.3. The van der Waals surface area contributed by atoms with Gasteiger partial charge in [0.05, 0.1) is 16.4 Å². The highest BCUT2D eigenvalue weighted by Gasteiger charge is 2.38. The summed E-state index contributed by atoms with van der Waals surface area (Å²) in [5, 5.41) is 3.03. The minimum atomic E-state index is -4.89. The monoisotopic (exact) mass is 465 g/mol. The van der Waals surface area contributed by atoms with Crippen LogP contribution < -0.4 is 5.32 Å². The number of carbonyl (C=O) groups is 1. The van der Waals surface area contributed by atoms with E-state index < -0.39 is 32.9 Å². The maximum Gasteiger partial charge on any atom is 0.475 e. The SMILES string of the molecule is O=C(Nc1cccc(S(=O)C(F)(F)F)c1)c1ccc2nc(-c3cncc(F)c3)sc2c1. The number of rotatable bonds is 4. The van der Waals surface area contributed by atoms with Crippen LogP contribution in [0.15, 0.2) is 65.8 Å². The molecule has 2 heterocycles. The number of hydrogen-bond acceptors (Lipinski definition) is 5. The maximum absolute atomic E-state index is 13.4. The Kier molecular flexibility index (Phi) is 5.54. The van der Waals surface area contributed by atoms with Gasteiger partial charge in [0, 0.05) is 27.9 Å². The Morgan fingerprint density at radius 1 is 1.06 bits per heavy atom. The Balaban J connectivity index is 1.58. The van der Waals surface area contributed by atoms with E-state index >= 15 is 0 Å². The quantitative estimate of drug-likeness (QED) is 0.411. The molecule has 2 aromatic carbocycles. The number of carbonyl (C=O) groups excluding carboxylic acids is 1. The standard InChI is InChI=1S/C20H11F4N3O2S2/c21-13-6-12(9-25-10-13)19-27-16-5-4-11(7-17(16)30-19)18(28)26-14-2-1-3-15(8-14)31(29)20(22,23)24/h1-10H,(H,26,28). The van der Waals surface area contributed by atoms with Gasteiger partial charge in [-0.3, -0.25) is 9.78 Å². The number of fused-ring (bicyclic) bond motifs is 1. The Labute approximate surface area is 179 Å². The fourth-order valence-electron chi connectivity index (χ4n) is 2.74. The van der Waals surface area contributed by atoms with Gasteiger partial charge in [-0.15, -0.1) is 11.3 Å². The van der Waals surface area contributed by atoms with Gasteiger partial charge in [-0.25, -0.2) is 13.6 Å². The highest BCUT2D eigenvalue weighted by Crippen LogP contribution is 2.31. The van der Waals surface area contributed by atoms with E-state index in [0.29, 0.717) is 20.8 Å². The van der Waals surface area contributed by atoms with Gasteiger partial charge in [-0.2, -0.15) is 13.2 Å². The van der Waals surface area contributed by atoms with E-state index in [1.54, 1.807) is 12.1 Å². The van der Waals surface area contributed by atoms with Crippen molar-refractivity contribution in [2.45, 2.75) is 10.4 Å². The third-order valence-corrected chi connectivity index (χ3v) is 6.29. The molecule has 0 aliphatic carbocycles. The number of anilines is 1. The largest absolute Gasteiger partial charge is 0.475 e. The number of benzene rings is 2. The second-order valence-corrected chi connectivity index (χ2v) is 8.79. The summed E-state index contributed by atoms with van der Waals surface area (Å²) in [6.45, 7) is 0. The van der Waals surface area contributed by atoms with Crippen LogP contribution in [0.4, 0.5) is 23.2 Å². The van der Waals surface area contributed by atoms with Crippen molar-refractivity contribution in [2.24, 2.45) is 0 Å². The van der Waals surface area contributed by atoms with Crippen LogP contribution in [0.2, 0.25) is 0 Å². The van der Waals surface area contributed by atoms with Gasteiger partial charge >= 0.3 is 5.51 Å². The second kappa shape index (κ2) is 8.16. The summed E-state index contributed by atoms with van der Waals surface area (Å²) in [5.41, 5.74) is -3.46. The highest BCUT2D eigenvalue weighted by molar-refractivity contribution is 7.86. The van der Waals surface area contributed by atoms with Gasteiger partial charge in [0.25, 0.3) is 5.91 Å². The fourth-order valence-corrected chi connectivity index (χ4v) is 4.43. The topological polar surface area (TPSA) is 72.0 Å². The molecule has 0 saturated heterocycles. The van der Waals surface area contributed by atoms with Crippen molar-refractivity contribution in [3.8, 4) is 10.6 Å². The molecule has 1 amide bonds. The number of halogens is 4. The van der Waals surface area contributed by atoms with Crippen LogP contribution in [0.25, 0.3) is 20.8 Å². The predicted octanol–water partition coefficient (Wildman–Crippen LogP) is 5.38. The van der Waals surface area contributed by atoms with E-state index in [4.69, 9.17) is 0 Å². The third kappa shape index (κ3) is 4.62. The summed E-state index contributed by atoms with van der Waals surface area (Å²) >= 11 is 1.24. The summed E-state index contributed by atoms with van der Waals surface area (Å²) in [6.07, 6.45) is 2.56. The van der Waals surface area contributed by atoms with Crippen LogP contribution in [0.1, 0.15) is 10.4 Å². The molecule has 4 rings (SSSR count). The Morgan fingerprint density at radius 2 is 1.87 bits per heavy atom. The van der Waals surface area contributed by atoms with Crippen LogP contribution in [0.5, 0.6) is 0 Å². The smallest absolute Gasteiger partial charge is 0.322 e. The molecule has 1 unspecified atom stereocenters. The van der Waals surface area contributed by atoms with Gasteiger partial charge < -0.3 is 5.32 Å². The molecule has 11 heteroatoms. The third-order valence-electron chi connectivity index (χ3n) is 4.12. The maximum atomic E-state index is 13.4. The predicted molar refractivity (Wildman–Crippen MR) is 110 cm³/mol. The summed E-state index contributed by atoms with van der Waals surface area (Å²) in [5.74, 6) is -1.05. The van der Waals surface area contributed by atoms with E-state index in [1.165, 1.54) is 41.8 Å². The van der Waals surface area contributed by atoms with E-state index in [-0.39, 0.29) is 11.3 Å². The van der Waals surface area contributed by atoms with Crippen LogP contribution in [-0.2, 0) is 10.8 Å². The molecule has 0 bridgehead atoms. The first-order valence-electron chi connectivity index (χ1n) is 8.62. The zero-order valence-corrected chi connectivity index (χ0v) is 16.9. The zero-order chi connectivity index (χ0) is 22.2. The average Bonchev–Trinajstić information content (AvgIpc) is 3.16. The molecule has 4 aromatic rings. The molecule has 0 spiro atoms. The molecule has 31 heavy (non-hydrogen) atoms. The lowest BCUT2D eigenvalue weighted by Crippen LogP contribution is -2.17. The van der Waals surface area contributed by atoms with Crippen LogP contribution in [-0.4, -0.2) is 25.6 Å². The first-order valence-corrected chi connectivity index (χ1v) is 10.6. The normalized spacial score (nSPS) is 12.6. The first kappa shape index (κ1) is 21.1. The molecule has 0 aliphatic heterocycles. The Hall–Kier alpha value is -3.18. The number of aromatic nitrogens is 2. The molecular weight excluding hydrogens is 454 g/mol. The number of pyridine rings is 1. The molecule has 0 radical (unpaired) electrons. The van der Waals surface area contributed by atoms with E-state index in [1.807, 2.05) is 0 Å². The van der Waals surface area contributed by atoms with E-state index in [2.05, 4.69) is 15.3 Å². The molecule has 0 aliphatic rings. The van der Waals surface area contributed by atoms with E-state index in [9.17, 15) is 26.6 Å². The van der Waals surface area contributed by atoms with Gasteiger partial charge in [-0.1, -0.05) is 6.07 Å². The molecule has 158 valence electrons. The van der Waals surface area contributed by atoms with Crippen LogP contribution in [0.3, 0.4) is 0 Å². The number of hydrogen-bond donors (Lipinski definition) is 1. The van der Waals surface area contributed by atoms with Crippen LogP contribution in [0, 0.1) is 5.82 Å². The Bertz CT molecular complexity index is 1320. The number of nitrogens with one attached hydrogen (secondary N) is 1. The van der Waals surface area contributed by atoms with Crippen molar-refractivity contribution < 1.29 is 26.6 Å². The summed E-state index contributed by atoms with van der Waals surface area (Å²) in [6, 6.07) is 10.8. The number of nitrogens with zero attached hydrogens (tertiary/aromatic N) is 2. The van der Waals surface area contributed by atoms with Gasteiger partial charge in [0.2, 0.25) is 0 Å². The first-order chi connectivity index (χ1) is 14.7. The lowest BCUT2D eigenvalue weighted by atomic mass is 10.2. The van der Waals surface area contributed by atoms with Gasteiger partial charge in [0.1, 0.15) is 10.8 Å². The number of thiazole rings is 1. The summed E-state index contributed by atoms with van der Waals surface area (Å²) in [7, 11) is -3.20. The van der Waals surface area contributed by atoms with Gasteiger partial charge in [-0.05, 0) is 42.5 Å². The molecule has 5 nitrogen and oxygen atoms in total. The van der Waals surface area contributed by atoms with Crippen molar-refractivity contribution in [1.82, 2.24) is 9.97 Å². The minimum absolute atomic E-state index is 0.0797. The molecule has 0 saturated carbocycles. The molecular formula is C20H11F4N3O2S2. The van der Waals surface area contributed by atoms with Gasteiger partial charge in [0.15, 0.2) is 10.8 Å². The van der Waals surface area contributed by atoms with Crippen molar-refractivity contribution in [3.63, 3.8) is 0 Å². The van der Waals surface area contributed by atoms with Crippen LogP contribution >= 0.6 is 11.3 Å². The van der Waals surface area contributed by atoms with Crippen molar-refractivity contribution in [1.29, 1.82) is 0 Å². The Morgan fingerprint density at radius 3 is 2.61 bits per heavy atom. The second-order valence-electron chi connectivity index (χ2n) is 6.29. The molecule has 1 atom stereocenters. The highest BCUT2D eigenvalue weighted by atomic mass is 32.2. The minimum Gasteiger partial charge on any atom is -0.322 e. The number of alkyl halides is 3. The lowest BCUT2D eigenvalue weighted by Gasteiger charge is -2.09. The number of amides is 1. The fraction of sp³-hybridized carbons (Fsp3) is 0.0500. The van der Waals surface area contributed by atoms with E-state index in [0.717, 1.165) is 18.3 Å². The zero-order valence-electron chi connectivity index (χ0n) is 15.3. The molecule has 2 aromatic heterocycles.